The quantitative estimate of drug-likeness (QED) is 0.900. The van der Waals surface area contributed by atoms with E-state index in [9.17, 15) is 9.59 Å². The van der Waals surface area contributed by atoms with Gasteiger partial charge in [0, 0.05) is 11.9 Å². The highest BCUT2D eigenvalue weighted by molar-refractivity contribution is 6.06. The lowest BCUT2D eigenvalue weighted by molar-refractivity contribution is 0.0695. The summed E-state index contributed by atoms with van der Waals surface area (Å²) >= 11 is 0. The average Bonchev–Trinajstić information content (AvgIpc) is 2.48. The van der Waals surface area contributed by atoms with Crippen molar-refractivity contribution >= 4 is 17.6 Å². The van der Waals surface area contributed by atoms with E-state index in [4.69, 9.17) is 9.84 Å². The van der Waals surface area contributed by atoms with Gasteiger partial charge in [-0.05, 0) is 36.8 Å². The van der Waals surface area contributed by atoms with Crippen LogP contribution in [0.15, 0.2) is 36.5 Å². The van der Waals surface area contributed by atoms with Crippen molar-refractivity contribution in [3.63, 3.8) is 0 Å². The second-order valence-corrected chi connectivity index (χ2v) is 4.35. The summed E-state index contributed by atoms with van der Waals surface area (Å²) in [6, 6.07) is 7.89. The van der Waals surface area contributed by atoms with Crippen molar-refractivity contribution in [3.05, 3.63) is 53.2 Å². The van der Waals surface area contributed by atoms with Crippen molar-refractivity contribution in [1.82, 2.24) is 4.98 Å². The first kappa shape index (κ1) is 14.5. The number of nitrogens with one attached hydrogen (secondary N) is 1. The van der Waals surface area contributed by atoms with Gasteiger partial charge in [-0.15, -0.1) is 0 Å². The molecule has 1 amide bonds. The zero-order chi connectivity index (χ0) is 15.4. The number of aromatic carboxylic acids is 1. The summed E-state index contributed by atoms with van der Waals surface area (Å²) in [5.74, 6) is -1.25. The Labute approximate surface area is 121 Å². The minimum Gasteiger partial charge on any atom is -0.480 e. The summed E-state index contributed by atoms with van der Waals surface area (Å²) in [5.41, 5.74) is 1.44. The maximum Gasteiger partial charge on any atom is 0.336 e. The minimum absolute atomic E-state index is 0.144. The number of hydrogen-bond acceptors (Lipinski definition) is 4. The number of nitrogens with zero attached hydrogens (tertiary/aromatic N) is 1. The summed E-state index contributed by atoms with van der Waals surface area (Å²) in [5, 5.41) is 11.7. The molecule has 108 valence electrons. The van der Waals surface area contributed by atoms with Crippen LogP contribution in [0.2, 0.25) is 0 Å². The smallest absolute Gasteiger partial charge is 0.336 e. The van der Waals surface area contributed by atoms with Crippen molar-refractivity contribution in [2.24, 2.45) is 0 Å². The number of aryl methyl sites for hydroxylation is 1. The zero-order valence-corrected chi connectivity index (χ0v) is 11.6. The molecule has 0 spiro atoms. The maximum absolute atomic E-state index is 12.2. The monoisotopic (exact) mass is 286 g/mol. The molecule has 0 saturated carbocycles. The van der Waals surface area contributed by atoms with E-state index in [0.29, 0.717) is 11.3 Å². The summed E-state index contributed by atoms with van der Waals surface area (Å²) in [7, 11) is 1.42. The number of aromatic nitrogens is 1. The van der Waals surface area contributed by atoms with E-state index in [-0.39, 0.29) is 17.0 Å². The van der Waals surface area contributed by atoms with Crippen molar-refractivity contribution in [1.29, 1.82) is 0 Å². The van der Waals surface area contributed by atoms with Crippen LogP contribution in [0.5, 0.6) is 5.88 Å². The Bertz CT molecular complexity index is 698. The van der Waals surface area contributed by atoms with Gasteiger partial charge in [-0.25, -0.2) is 9.78 Å². The van der Waals surface area contributed by atoms with E-state index < -0.39 is 11.9 Å². The fourth-order valence-corrected chi connectivity index (χ4v) is 1.85. The standard InChI is InChI=1S/C15H14N2O4/c1-9-5-6-10(8-12(9)15(19)20)17-13(18)11-4-3-7-16-14(11)21-2/h3-8H,1-2H3,(H,17,18)(H,19,20). The first-order valence-corrected chi connectivity index (χ1v) is 6.17. The lowest BCUT2D eigenvalue weighted by atomic mass is 10.1. The van der Waals surface area contributed by atoms with Gasteiger partial charge in [0.15, 0.2) is 0 Å². The molecule has 0 aliphatic heterocycles. The molecule has 6 nitrogen and oxygen atoms in total. The lowest BCUT2D eigenvalue weighted by Crippen LogP contribution is -2.14. The first-order valence-electron chi connectivity index (χ1n) is 6.17. The maximum atomic E-state index is 12.2. The minimum atomic E-state index is -1.04. The van der Waals surface area contributed by atoms with E-state index in [0.717, 1.165) is 0 Å². The average molecular weight is 286 g/mol. The molecule has 0 fully saturated rings. The topological polar surface area (TPSA) is 88.5 Å². The Morgan fingerprint density at radius 2 is 2.00 bits per heavy atom. The van der Waals surface area contributed by atoms with Crippen molar-refractivity contribution in [2.75, 3.05) is 12.4 Å². The van der Waals surface area contributed by atoms with E-state index in [1.807, 2.05) is 0 Å². The van der Waals surface area contributed by atoms with Gasteiger partial charge in [-0.2, -0.15) is 0 Å². The van der Waals surface area contributed by atoms with Crippen LogP contribution >= 0.6 is 0 Å². The predicted molar refractivity (Wildman–Crippen MR) is 76.9 cm³/mol. The van der Waals surface area contributed by atoms with Crippen LogP contribution in [0.1, 0.15) is 26.3 Å². The highest BCUT2D eigenvalue weighted by Gasteiger charge is 2.14. The fourth-order valence-electron chi connectivity index (χ4n) is 1.85. The van der Waals surface area contributed by atoms with Gasteiger partial charge in [0.05, 0.1) is 12.7 Å². The molecule has 0 atom stereocenters. The molecule has 2 rings (SSSR count). The Morgan fingerprint density at radius 1 is 1.24 bits per heavy atom. The predicted octanol–water partition coefficient (Wildman–Crippen LogP) is 2.35. The Morgan fingerprint density at radius 3 is 2.67 bits per heavy atom. The SMILES string of the molecule is COc1ncccc1C(=O)Nc1ccc(C)c(C(=O)O)c1. The molecule has 0 radical (unpaired) electrons. The first-order chi connectivity index (χ1) is 10.0. The summed E-state index contributed by atoms with van der Waals surface area (Å²) in [6.45, 7) is 1.69. The molecule has 0 aliphatic carbocycles. The molecule has 0 unspecified atom stereocenters. The van der Waals surface area contributed by atoms with Gasteiger partial charge in [-0.1, -0.05) is 6.07 Å². The summed E-state index contributed by atoms with van der Waals surface area (Å²) in [4.78, 5) is 27.2. The summed E-state index contributed by atoms with van der Waals surface area (Å²) in [6.07, 6.45) is 1.52. The molecular weight excluding hydrogens is 272 g/mol. The highest BCUT2D eigenvalue weighted by Crippen LogP contribution is 2.19. The third kappa shape index (κ3) is 3.17. The molecule has 0 aliphatic rings. The van der Waals surface area contributed by atoms with Crippen LogP contribution in [-0.4, -0.2) is 29.1 Å². The molecule has 0 saturated heterocycles. The normalized spacial score (nSPS) is 10.0. The number of carboxylic acid groups (broad SMARTS) is 1. The van der Waals surface area contributed by atoms with Crippen LogP contribution in [0.3, 0.4) is 0 Å². The number of ether oxygens (including phenoxy) is 1. The van der Waals surface area contributed by atoms with Gasteiger partial charge in [-0.3, -0.25) is 4.79 Å². The highest BCUT2D eigenvalue weighted by atomic mass is 16.5. The van der Waals surface area contributed by atoms with E-state index in [1.54, 1.807) is 31.2 Å². The Kier molecular flexibility index (Phi) is 4.18. The number of methoxy groups -OCH3 is 1. The Balaban J connectivity index is 2.28. The molecule has 0 bridgehead atoms. The largest absolute Gasteiger partial charge is 0.480 e. The number of hydrogen-bond donors (Lipinski definition) is 2. The third-order valence-corrected chi connectivity index (χ3v) is 2.93. The number of pyridine rings is 1. The fraction of sp³-hybridized carbons (Fsp3) is 0.133. The molecule has 1 heterocycles. The Hall–Kier alpha value is -2.89. The zero-order valence-electron chi connectivity index (χ0n) is 11.6. The molecule has 21 heavy (non-hydrogen) atoms. The van der Waals surface area contributed by atoms with E-state index >= 15 is 0 Å². The molecule has 2 aromatic rings. The molecule has 6 heteroatoms. The second-order valence-electron chi connectivity index (χ2n) is 4.35. The molecular formula is C15H14N2O4. The van der Waals surface area contributed by atoms with Crippen LogP contribution in [0, 0.1) is 6.92 Å². The van der Waals surface area contributed by atoms with Gasteiger partial charge in [0.25, 0.3) is 5.91 Å². The number of amides is 1. The number of benzene rings is 1. The van der Waals surface area contributed by atoms with Crippen LogP contribution < -0.4 is 10.1 Å². The summed E-state index contributed by atoms with van der Waals surface area (Å²) < 4.78 is 5.02. The van der Waals surface area contributed by atoms with Crippen LogP contribution in [-0.2, 0) is 0 Å². The number of carboxylic acids is 1. The van der Waals surface area contributed by atoms with Crippen LogP contribution in [0.25, 0.3) is 0 Å². The van der Waals surface area contributed by atoms with Gasteiger partial charge < -0.3 is 15.2 Å². The van der Waals surface area contributed by atoms with Crippen LogP contribution in [0.4, 0.5) is 5.69 Å². The van der Waals surface area contributed by atoms with Gasteiger partial charge in [0.1, 0.15) is 5.56 Å². The van der Waals surface area contributed by atoms with Crippen molar-refractivity contribution in [3.8, 4) is 5.88 Å². The number of carbonyl (C=O) groups excluding carboxylic acids is 1. The third-order valence-electron chi connectivity index (χ3n) is 2.93. The molecule has 2 N–H and O–H groups in total. The van der Waals surface area contributed by atoms with E-state index in [1.165, 1.54) is 19.4 Å². The van der Waals surface area contributed by atoms with Gasteiger partial charge in [0.2, 0.25) is 5.88 Å². The molecule has 1 aromatic heterocycles. The number of carbonyl (C=O) groups is 2. The second kappa shape index (κ2) is 6.04. The lowest BCUT2D eigenvalue weighted by Gasteiger charge is -2.09. The number of anilines is 1. The number of rotatable bonds is 4. The van der Waals surface area contributed by atoms with Crippen molar-refractivity contribution < 1.29 is 19.4 Å². The molecule has 1 aromatic carbocycles. The van der Waals surface area contributed by atoms with Crippen molar-refractivity contribution in [2.45, 2.75) is 6.92 Å². The van der Waals surface area contributed by atoms with E-state index in [2.05, 4.69) is 10.3 Å². The van der Waals surface area contributed by atoms with Gasteiger partial charge >= 0.3 is 5.97 Å².